The van der Waals surface area contributed by atoms with E-state index in [1.165, 1.54) is 5.56 Å². The van der Waals surface area contributed by atoms with E-state index in [1.807, 2.05) is 43.1 Å². The average Bonchev–Trinajstić information content (AvgIpc) is 2.37. The molecule has 4 heteroatoms. The Morgan fingerprint density at radius 2 is 1.84 bits per heavy atom. The molecule has 0 saturated heterocycles. The molecule has 0 unspecified atom stereocenters. The highest BCUT2D eigenvalue weighted by Crippen LogP contribution is 2.28. The molecule has 0 fully saturated rings. The third-order valence-electron chi connectivity index (χ3n) is 2.96. The zero-order valence-corrected chi connectivity index (χ0v) is 12.3. The fourth-order valence-corrected chi connectivity index (χ4v) is 2.41. The quantitative estimate of drug-likeness (QED) is 0.920. The highest BCUT2D eigenvalue weighted by atomic mass is 79.9. The second-order valence-electron chi connectivity index (χ2n) is 4.37. The SMILES string of the molecule is Cc1cccc(N(C)c2ccc(C(=O)O)c(Br)c2)c1. The fraction of sp³-hybridized carbons (Fsp3) is 0.133. The zero-order valence-electron chi connectivity index (χ0n) is 10.7. The van der Waals surface area contributed by atoms with Crippen molar-refractivity contribution < 1.29 is 9.90 Å². The van der Waals surface area contributed by atoms with Gasteiger partial charge in [-0.15, -0.1) is 0 Å². The molecule has 1 N–H and O–H groups in total. The van der Waals surface area contributed by atoms with Gasteiger partial charge in [-0.2, -0.15) is 0 Å². The van der Waals surface area contributed by atoms with E-state index >= 15 is 0 Å². The van der Waals surface area contributed by atoms with Crippen molar-refractivity contribution in [1.82, 2.24) is 0 Å². The van der Waals surface area contributed by atoms with Gasteiger partial charge in [0.1, 0.15) is 0 Å². The van der Waals surface area contributed by atoms with Crippen LogP contribution in [-0.4, -0.2) is 18.1 Å². The van der Waals surface area contributed by atoms with Crippen molar-refractivity contribution in [2.75, 3.05) is 11.9 Å². The van der Waals surface area contributed by atoms with E-state index < -0.39 is 5.97 Å². The number of benzene rings is 2. The molecular weight excluding hydrogens is 306 g/mol. The first-order valence-electron chi connectivity index (χ1n) is 5.82. The van der Waals surface area contributed by atoms with Crippen LogP contribution >= 0.6 is 15.9 Å². The first-order chi connectivity index (χ1) is 8.99. The number of carbonyl (C=O) groups is 1. The molecule has 0 radical (unpaired) electrons. The number of hydrogen-bond donors (Lipinski definition) is 1. The molecule has 19 heavy (non-hydrogen) atoms. The number of rotatable bonds is 3. The van der Waals surface area contributed by atoms with E-state index in [-0.39, 0.29) is 5.56 Å². The van der Waals surface area contributed by atoms with Crippen molar-refractivity contribution in [2.45, 2.75) is 6.92 Å². The van der Waals surface area contributed by atoms with Gasteiger partial charge < -0.3 is 10.0 Å². The standard InChI is InChI=1S/C15H14BrNO2/c1-10-4-3-5-11(8-10)17(2)12-6-7-13(15(18)19)14(16)9-12/h3-9H,1-2H3,(H,18,19). The van der Waals surface area contributed by atoms with Crippen LogP contribution < -0.4 is 4.90 Å². The maximum atomic E-state index is 11.0. The Hall–Kier alpha value is -1.81. The highest BCUT2D eigenvalue weighted by Gasteiger charge is 2.11. The number of nitrogens with zero attached hydrogens (tertiary/aromatic N) is 1. The monoisotopic (exact) mass is 319 g/mol. The van der Waals surface area contributed by atoms with Crippen molar-refractivity contribution in [1.29, 1.82) is 0 Å². The molecule has 2 aromatic carbocycles. The largest absolute Gasteiger partial charge is 0.478 e. The Bertz CT molecular complexity index is 625. The number of carboxylic acids is 1. The Morgan fingerprint density at radius 3 is 2.42 bits per heavy atom. The van der Waals surface area contributed by atoms with Crippen molar-refractivity contribution in [3.8, 4) is 0 Å². The van der Waals surface area contributed by atoms with Gasteiger partial charge in [-0.25, -0.2) is 4.79 Å². The van der Waals surface area contributed by atoms with Gasteiger partial charge in [-0.1, -0.05) is 12.1 Å². The Labute approximate surface area is 120 Å². The van der Waals surface area contributed by atoms with Crippen LogP contribution in [0.15, 0.2) is 46.9 Å². The molecule has 0 amide bonds. The lowest BCUT2D eigenvalue weighted by atomic mass is 10.1. The van der Waals surface area contributed by atoms with E-state index in [0.717, 1.165) is 11.4 Å². The number of anilines is 2. The molecule has 98 valence electrons. The van der Waals surface area contributed by atoms with Gasteiger partial charge in [0.15, 0.2) is 0 Å². The summed E-state index contributed by atoms with van der Waals surface area (Å²) in [5, 5.41) is 9.00. The summed E-state index contributed by atoms with van der Waals surface area (Å²) < 4.78 is 0.581. The van der Waals surface area contributed by atoms with Gasteiger partial charge in [0.2, 0.25) is 0 Å². The Kier molecular flexibility index (Phi) is 3.90. The van der Waals surface area contributed by atoms with Crippen LogP contribution in [-0.2, 0) is 0 Å². The topological polar surface area (TPSA) is 40.5 Å². The van der Waals surface area contributed by atoms with Crippen molar-refractivity contribution in [2.24, 2.45) is 0 Å². The number of halogens is 1. The molecule has 0 heterocycles. The van der Waals surface area contributed by atoms with Crippen LogP contribution in [0.4, 0.5) is 11.4 Å². The predicted octanol–water partition coefficient (Wildman–Crippen LogP) is 4.22. The van der Waals surface area contributed by atoms with Gasteiger partial charge in [-0.3, -0.25) is 0 Å². The average molecular weight is 320 g/mol. The maximum Gasteiger partial charge on any atom is 0.336 e. The second-order valence-corrected chi connectivity index (χ2v) is 5.22. The Morgan fingerprint density at radius 1 is 1.16 bits per heavy atom. The lowest BCUT2D eigenvalue weighted by molar-refractivity contribution is 0.0696. The van der Waals surface area contributed by atoms with Crippen LogP contribution in [0.1, 0.15) is 15.9 Å². The first kappa shape index (κ1) is 13.6. The van der Waals surface area contributed by atoms with Crippen LogP contribution in [0.5, 0.6) is 0 Å². The third kappa shape index (κ3) is 2.96. The van der Waals surface area contributed by atoms with Gasteiger partial charge in [0.05, 0.1) is 5.56 Å². The third-order valence-corrected chi connectivity index (χ3v) is 3.62. The van der Waals surface area contributed by atoms with Crippen molar-refractivity contribution >= 4 is 33.3 Å². The summed E-state index contributed by atoms with van der Waals surface area (Å²) in [5.74, 6) is -0.934. The smallest absolute Gasteiger partial charge is 0.336 e. The number of aromatic carboxylic acids is 1. The fourth-order valence-electron chi connectivity index (χ4n) is 1.87. The summed E-state index contributed by atoms with van der Waals surface area (Å²) in [4.78, 5) is 13.0. The van der Waals surface area contributed by atoms with Crippen LogP contribution in [0.25, 0.3) is 0 Å². The van der Waals surface area contributed by atoms with E-state index in [1.54, 1.807) is 12.1 Å². The lowest BCUT2D eigenvalue weighted by Crippen LogP contribution is -2.10. The van der Waals surface area contributed by atoms with E-state index in [0.29, 0.717) is 4.47 Å². The molecule has 0 spiro atoms. The number of hydrogen-bond acceptors (Lipinski definition) is 2. The van der Waals surface area contributed by atoms with Gasteiger partial charge in [-0.05, 0) is 58.7 Å². The van der Waals surface area contributed by atoms with E-state index in [4.69, 9.17) is 5.11 Å². The number of carboxylic acid groups (broad SMARTS) is 1. The zero-order chi connectivity index (χ0) is 14.0. The van der Waals surface area contributed by atoms with Crippen LogP contribution in [0.3, 0.4) is 0 Å². The van der Waals surface area contributed by atoms with Crippen LogP contribution in [0, 0.1) is 6.92 Å². The number of aryl methyl sites for hydroxylation is 1. The Balaban J connectivity index is 2.37. The molecule has 0 bridgehead atoms. The minimum absolute atomic E-state index is 0.265. The highest BCUT2D eigenvalue weighted by molar-refractivity contribution is 9.10. The maximum absolute atomic E-state index is 11.0. The van der Waals surface area contributed by atoms with Crippen LogP contribution in [0.2, 0.25) is 0 Å². The summed E-state index contributed by atoms with van der Waals surface area (Å²) in [7, 11) is 1.96. The molecule has 3 nitrogen and oxygen atoms in total. The predicted molar refractivity (Wildman–Crippen MR) is 80.3 cm³/mol. The molecule has 0 aliphatic carbocycles. The van der Waals surface area contributed by atoms with E-state index in [9.17, 15) is 4.79 Å². The molecule has 0 atom stereocenters. The first-order valence-corrected chi connectivity index (χ1v) is 6.61. The molecule has 0 aliphatic heterocycles. The summed E-state index contributed by atoms with van der Waals surface area (Å²) in [5.41, 5.74) is 3.45. The minimum Gasteiger partial charge on any atom is -0.478 e. The molecule has 2 rings (SSSR count). The lowest BCUT2D eigenvalue weighted by Gasteiger charge is -2.20. The van der Waals surface area contributed by atoms with Gasteiger partial charge >= 0.3 is 5.97 Å². The molecule has 2 aromatic rings. The van der Waals surface area contributed by atoms with E-state index in [2.05, 4.69) is 22.0 Å². The van der Waals surface area contributed by atoms with Crippen molar-refractivity contribution in [3.63, 3.8) is 0 Å². The van der Waals surface area contributed by atoms with Gasteiger partial charge in [0, 0.05) is 22.9 Å². The minimum atomic E-state index is -0.934. The van der Waals surface area contributed by atoms with Crippen molar-refractivity contribution in [3.05, 3.63) is 58.1 Å². The molecular formula is C15H14BrNO2. The second kappa shape index (κ2) is 5.45. The summed E-state index contributed by atoms with van der Waals surface area (Å²) in [6, 6.07) is 13.4. The molecule has 0 aliphatic rings. The normalized spacial score (nSPS) is 10.3. The summed E-state index contributed by atoms with van der Waals surface area (Å²) in [6.45, 7) is 2.04. The van der Waals surface area contributed by atoms with Gasteiger partial charge in [0.25, 0.3) is 0 Å². The molecule has 0 saturated carbocycles. The summed E-state index contributed by atoms with van der Waals surface area (Å²) >= 11 is 3.30. The summed E-state index contributed by atoms with van der Waals surface area (Å²) in [6.07, 6.45) is 0. The molecule has 0 aromatic heterocycles.